The van der Waals surface area contributed by atoms with Crippen molar-refractivity contribution in [1.29, 1.82) is 0 Å². The highest BCUT2D eigenvalue weighted by atomic mass is 32.2. The molecule has 4 heteroatoms. The van der Waals surface area contributed by atoms with Gasteiger partial charge in [0.1, 0.15) is 0 Å². The molecule has 62 valence electrons. The Labute approximate surface area is 67.1 Å². The molecule has 1 heterocycles. The summed E-state index contributed by atoms with van der Waals surface area (Å²) in [5, 5.41) is 2.97. The van der Waals surface area contributed by atoms with Crippen LogP contribution in [0, 0.1) is 12.3 Å². The maximum atomic E-state index is 10.9. The van der Waals surface area contributed by atoms with Crippen LogP contribution >= 0.6 is 0 Å². The van der Waals surface area contributed by atoms with Gasteiger partial charge in [-0.2, -0.15) is 0 Å². The van der Waals surface area contributed by atoms with Crippen molar-refractivity contribution in [3.8, 4) is 12.3 Å². The van der Waals surface area contributed by atoms with Gasteiger partial charge in [-0.1, -0.05) is 5.92 Å². The minimum absolute atomic E-state index is 0.0797. The highest BCUT2D eigenvalue weighted by Crippen LogP contribution is 2.10. The molecule has 0 radical (unpaired) electrons. The maximum Gasteiger partial charge on any atom is 0.151 e. The molecule has 1 N–H and O–H groups in total. The molecule has 0 spiro atoms. The molecular formula is C7H11NO2S. The second-order valence-corrected chi connectivity index (χ2v) is 4.91. The molecule has 1 fully saturated rings. The highest BCUT2D eigenvalue weighted by Gasteiger charge is 2.26. The Balaban J connectivity index is 2.38. The third-order valence-corrected chi connectivity index (χ3v) is 3.49. The van der Waals surface area contributed by atoms with Crippen molar-refractivity contribution in [2.75, 3.05) is 18.1 Å². The minimum Gasteiger partial charge on any atom is -0.302 e. The predicted octanol–water partition coefficient (Wildman–Crippen LogP) is -0.604. The number of nitrogens with one attached hydrogen (secondary N) is 1. The van der Waals surface area contributed by atoms with Gasteiger partial charge >= 0.3 is 0 Å². The van der Waals surface area contributed by atoms with Crippen LogP contribution in [0.4, 0.5) is 0 Å². The quantitative estimate of drug-likeness (QED) is 0.567. The van der Waals surface area contributed by atoms with Gasteiger partial charge in [0.2, 0.25) is 0 Å². The van der Waals surface area contributed by atoms with Crippen LogP contribution in [0.5, 0.6) is 0 Å². The van der Waals surface area contributed by atoms with E-state index in [1.54, 1.807) is 0 Å². The largest absolute Gasteiger partial charge is 0.302 e. The summed E-state index contributed by atoms with van der Waals surface area (Å²) in [5.41, 5.74) is 0. The third-order valence-electron chi connectivity index (χ3n) is 1.73. The zero-order valence-electron chi connectivity index (χ0n) is 6.21. The van der Waals surface area contributed by atoms with Crippen molar-refractivity contribution < 1.29 is 8.42 Å². The van der Waals surface area contributed by atoms with Gasteiger partial charge in [0.15, 0.2) is 9.84 Å². The average molecular weight is 173 g/mol. The second kappa shape index (κ2) is 3.24. The normalized spacial score (nSPS) is 28.1. The number of rotatable bonds is 2. The van der Waals surface area contributed by atoms with E-state index < -0.39 is 9.84 Å². The van der Waals surface area contributed by atoms with Gasteiger partial charge in [-0.05, 0) is 6.42 Å². The molecule has 1 atom stereocenters. The number of terminal acetylenes is 1. The van der Waals surface area contributed by atoms with Crippen LogP contribution in [-0.2, 0) is 9.84 Å². The molecule has 0 unspecified atom stereocenters. The van der Waals surface area contributed by atoms with Crippen LogP contribution in [-0.4, -0.2) is 32.5 Å². The predicted molar refractivity (Wildman–Crippen MR) is 43.9 cm³/mol. The van der Waals surface area contributed by atoms with Gasteiger partial charge in [-0.3, -0.25) is 0 Å². The lowest BCUT2D eigenvalue weighted by Gasteiger charge is -2.05. The Bertz CT molecular complexity index is 263. The van der Waals surface area contributed by atoms with Crippen molar-refractivity contribution in [2.45, 2.75) is 12.5 Å². The van der Waals surface area contributed by atoms with Gasteiger partial charge < -0.3 is 5.32 Å². The molecular weight excluding hydrogens is 162 g/mol. The zero-order valence-corrected chi connectivity index (χ0v) is 7.02. The molecule has 0 bridgehead atoms. The summed E-state index contributed by atoms with van der Waals surface area (Å²) in [6, 6.07) is 0.0797. The molecule has 1 aliphatic rings. The monoisotopic (exact) mass is 173 g/mol. The zero-order chi connectivity index (χ0) is 8.32. The molecule has 0 amide bonds. The lowest BCUT2D eigenvalue weighted by Crippen LogP contribution is -2.30. The molecule has 0 aromatic heterocycles. The van der Waals surface area contributed by atoms with E-state index in [2.05, 4.69) is 11.2 Å². The fourth-order valence-electron chi connectivity index (χ4n) is 1.16. The van der Waals surface area contributed by atoms with Crippen LogP contribution in [0.3, 0.4) is 0 Å². The molecule has 11 heavy (non-hydrogen) atoms. The van der Waals surface area contributed by atoms with Crippen molar-refractivity contribution in [2.24, 2.45) is 0 Å². The number of hydrogen-bond donors (Lipinski definition) is 1. The Kier molecular flexibility index (Phi) is 2.53. The third kappa shape index (κ3) is 2.52. The Morgan fingerprint density at radius 3 is 2.82 bits per heavy atom. The molecule has 1 rings (SSSR count). The van der Waals surface area contributed by atoms with Crippen LogP contribution in [0.15, 0.2) is 0 Å². The van der Waals surface area contributed by atoms with Crippen LogP contribution in [0.25, 0.3) is 0 Å². The summed E-state index contributed by atoms with van der Waals surface area (Å²) >= 11 is 0. The lowest BCUT2D eigenvalue weighted by atomic mass is 10.3. The van der Waals surface area contributed by atoms with Gasteiger partial charge in [0, 0.05) is 6.04 Å². The lowest BCUT2D eigenvalue weighted by molar-refractivity contribution is 0.587. The van der Waals surface area contributed by atoms with Crippen molar-refractivity contribution >= 4 is 9.84 Å². The first-order chi connectivity index (χ1) is 5.14. The average Bonchev–Trinajstić information content (AvgIpc) is 2.26. The van der Waals surface area contributed by atoms with Crippen LogP contribution in [0.2, 0.25) is 0 Å². The van der Waals surface area contributed by atoms with Gasteiger partial charge in [-0.25, -0.2) is 8.42 Å². The van der Waals surface area contributed by atoms with Crippen LogP contribution in [0.1, 0.15) is 6.42 Å². The summed E-state index contributed by atoms with van der Waals surface area (Å²) in [6.45, 7) is 0.459. The van der Waals surface area contributed by atoms with E-state index in [1.807, 2.05) is 0 Å². The molecule has 0 aromatic rings. The van der Waals surface area contributed by atoms with Crippen molar-refractivity contribution in [3.63, 3.8) is 0 Å². The van der Waals surface area contributed by atoms with E-state index in [0.29, 0.717) is 18.7 Å². The summed E-state index contributed by atoms with van der Waals surface area (Å²) in [4.78, 5) is 0. The number of sulfone groups is 1. The van der Waals surface area contributed by atoms with Gasteiger partial charge in [0.25, 0.3) is 0 Å². The SMILES string of the molecule is C#CCN[C@H]1CCS(=O)(=O)C1. The van der Waals surface area contributed by atoms with E-state index in [1.165, 1.54) is 0 Å². The van der Waals surface area contributed by atoms with Crippen molar-refractivity contribution in [1.82, 2.24) is 5.32 Å². The smallest absolute Gasteiger partial charge is 0.151 e. The van der Waals surface area contributed by atoms with Gasteiger partial charge in [-0.15, -0.1) is 6.42 Å². The van der Waals surface area contributed by atoms with Crippen molar-refractivity contribution in [3.05, 3.63) is 0 Å². The minimum atomic E-state index is -2.76. The van der Waals surface area contributed by atoms with E-state index >= 15 is 0 Å². The second-order valence-electron chi connectivity index (χ2n) is 2.68. The topological polar surface area (TPSA) is 46.2 Å². The van der Waals surface area contributed by atoms with E-state index in [-0.39, 0.29) is 11.8 Å². The fourth-order valence-corrected chi connectivity index (χ4v) is 2.87. The van der Waals surface area contributed by atoms with Gasteiger partial charge in [0.05, 0.1) is 18.1 Å². The fraction of sp³-hybridized carbons (Fsp3) is 0.714. The molecule has 0 aromatic carbocycles. The summed E-state index contributed by atoms with van der Waals surface area (Å²) in [5.74, 6) is 2.96. The highest BCUT2D eigenvalue weighted by molar-refractivity contribution is 7.91. The number of hydrogen-bond acceptors (Lipinski definition) is 3. The first kappa shape index (κ1) is 8.57. The van der Waals surface area contributed by atoms with E-state index in [9.17, 15) is 8.42 Å². The Morgan fingerprint density at radius 1 is 1.64 bits per heavy atom. The molecule has 0 saturated carbocycles. The molecule has 3 nitrogen and oxygen atoms in total. The maximum absolute atomic E-state index is 10.9. The summed E-state index contributed by atoms with van der Waals surface area (Å²) < 4.78 is 21.8. The summed E-state index contributed by atoms with van der Waals surface area (Å²) in [7, 11) is -2.76. The Morgan fingerprint density at radius 2 is 2.36 bits per heavy atom. The molecule has 1 saturated heterocycles. The first-order valence-corrected chi connectivity index (χ1v) is 5.33. The van der Waals surface area contributed by atoms with E-state index in [4.69, 9.17) is 6.42 Å². The van der Waals surface area contributed by atoms with E-state index in [0.717, 1.165) is 0 Å². The summed E-state index contributed by atoms with van der Waals surface area (Å²) in [6.07, 6.45) is 5.71. The standard InChI is InChI=1S/C7H11NO2S/c1-2-4-8-7-3-5-11(9,10)6-7/h1,7-8H,3-6H2/t7-/m0/s1. The molecule has 1 aliphatic heterocycles. The first-order valence-electron chi connectivity index (χ1n) is 3.51. The van der Waals surface area contributed by atoms with Crippen LogP contribution < -0.4 is 5.32 Å². The Hall–Kier alpha value is -0.530. The molecule has 0 aliphatic carbocycles.